The van der Waals surface area contributed by atoms with E-state index in [1.54, 1.807) is 4.91 Å². The van der Waals surface area contributed by atoms with E-state index in [4.69, 9.17) is 0 Å². The van der Waals surface area contributed by atoms with Gasteiger partial charge in [0.05, 0.1) is 0 Å². The number of rotatable bonds is 0. The summed E-state index contributed by atoms with van der Waals surface area (Å²) in [5.41, 5.74) is 0. The van der Waals surface area contributed by atoms with E-state index >= 15 is 0 Å². The van der Waals surface area contributed by atoms with Crippen LogP contribution in [0.3, 0.4) is 0 Å². The molecule has 2 rings (SSSR count). The fourth-order valence-corrected chi connectivity index (χ4v) is 4.27. The van der Waals surface area contributed by atoms with Gasteiger partial charge in [-0.2, -0.15) is 11.8 Å². The van der Waals surface area contributed by atoms with Crippen LogP contribution >= 0.6 is 23.5 Å². The van der Waals surface area contributed by atoms with Crippen molar-refractivity contribution in [2.24, 2.45) is 0 Å². The molecule has 0 aromatic carbocycles. The predicted octanol–water partition coefficient (Wildman–Crippen LogP) is 2.90. The van der Waals surface area contributed by atoms with Gasteiger partial charge in [0.2, 0.25) is 0 Å². The minimum atomic E-state index is 0.896. The van der Waals surface area contributed by atoms with Gasteiger partial charge in [0.15, 0.2) is 0 Å². The Hall–Kier alpha value is 0.440. The zero-order valence-corrected chi connectivity index (χ0v) is 7.64. The summed E-state index contributed by atoms with van der Waals surface area (Å²) in [6, 6.07) is 0. The molecule has 0 amide bonds. The van der Waals surface area contributed by atoms with Crippen LogP contribution in [0, 0.1) is 0 Å². The maximum atomic E-state index is 2.45. The molecule has 1 aliphatic carbocycles. The van der Waals surface area contributed by atoms with Crippen molar-refractivity contribution in [3.8, 4) is 0 Å². The second-order valence-corrected chi connectivity index (χ2v) is 5.22. The van der Waals surface area contributed by atoms with Crippen molar-refractivity contribution in [3.05, 3.63) is 11.0 Å². The fraction of sp³-hybridized carbons (Fsp3) is 0.750. The molecule has 1 saturated heterocycles. The lowest BCUT2D eigenvalue weighted by molar-refractivity contribution is 0.733. The second-order valence-electron chi connectivity index (χ2n) is 2.75. The molecule has 1 fully saturated rings. The van der Waals surface area contributed by atoms with Crippen molar-refractivity contribution in [2.45, 2.75) is 24.5 Å². The molecule has 0 nitrogen and oxygen atoms in total. The van der Waals surface area contributed by atoms with Gasteiger partial charge in [-0.15, -0.1) is 11.8 Å². The van der Waals surface area contributed by atoms with Crippen molar-refractivity contribution < 1.29 is 0 Å². The second kappa shape index (κ2) is 3.22. The molecule has 1 heterocycles. The average molecular weight is 172 g/mol. The summed E-state index contributed by atoms with van der Waals surface area (Å²) < 4.78 is 0. The molecular formula is C8H12S2. The summed E-state index contributed by atoms with van der Waals surface area (Å²) in [5.74, 6) is 2.71. The first kappa shape index (κ1) is 7.11. The highest BCUT2D eigenvalue weighted by Crippen LogP contribution is 2.40. The number of fused-ring (bicyclic) bond motifs is 1. The van der Waals surface area contributed by atoms with Crippen LogP contribution in [0.1, 0.15) is 19.3 Å². The molecule has 0 saturated carbocycles. The lowest BCUT2D eigenvalue weighted by Crippen LogP contribution is -2.14. The first-order chi connectivity index (χ1) is 4.97. The molecule has 0 spiro atoms. The molecule has 0 radical (unpaired) electrons. The Morgan fingerprint density at radius 2 is 2.40 bits per heavy atom. The smallest absolute Gasteiger partial charge is 0.0354 e. The quantitative estimate of drug-likeness (QED) is 0.551. The van der Waals surface area contributed by atoms with E-state index < -0.39 is 0 Å². The average Bonchev–Trinajstić information content (AvgIpc) is 2.05. The van der Waals surface area contributed by atoms with Crippen molar-refractivity contribution in [1.82, 2.24) is 0 Å². The van der Waals surface area contributed by atoms with Crippen LogP contribution in [0.5, 0.6) is 0 Å². The van der Waals surface area contributed by atoms with E-state index in [-0.39, 0.29) is 0 Å². The number of allylic oxidation sites excluding steroid dienone is 1. The van der Waals surface area contributed by atoms with Crippen LogP contribution in [0.4, 0.5) is 0 Å². The Morgan fingerprint density at radius 3 is 3.30 bits per heavy atom. The summed E-state index contributed by atoms with van der Waals surface area (Å²) in [6.07, 6.45) is 6.63. The highest BCUT2D eigenvalue weighted by molar-refractivity contribution is 8.09. The van der Waals surface area contributed by atoms with Crippen molar-refractivity contribution >= 4 is 23.5 Å². The molecule has 0 aromatic heterocycles. The standard InChI is InChI=1S/C8H12S2/c1-2-4-8-7(3-1)9-5-6-10-8/h3,8H,1-2,4-6H2. The molecule has 1 aliphatic heterocycles. The minimum absolute atomic E-state index is 0.896. The zero-order chi connectivity index (χ0) is 6.81. The third-order valence-electron chi connectivity index (χ3n) is 2.00. The summed E-state index contributed by atoms with van der Waals surface area (Å²) in [4.78, 5) is 1.68. The number of hydrogen-bond acceptors (Lipinski definition) is 2. The Balaban J connectivity index is 2.08. The summed E-state index contributed by atoms with van der Waals surface area (Å²) in [6.45, 7) is 0. The van der Waals surface area contributed by atoms with E-state index in [0.717, 1.165) is 5.25 Å². The monoisotopic (exact) mass is 172 g/mol. The van der Waals surface area contributed by atoms with Gasteiger partial charge in [0.25, 0.3) is 0 Å². The largest absolute Gasteiger partial charge is 0.152 e. The van der Waals surface area contributed by atoms with Gasteiger partial charge >= 0.3 is 0 Å². The van der Waals surface area contributed by atoms with Crippen LogP contribution in [0.25, 0.3) is 0 Å². The number of thioether (sulfide) groups is 2. The summed E-state index contributed by atoms with van der Waals surface area (Å²) in [7, 11) is 0. The molecule has 0 aromatic rings. The SMILES string of the molecule is C1=C2SCCSC2CCC1. The fourth-order valence-electron chi connectivity index (χ4n) is 1.49. The Kier molecular flexibility index (Phi) is 2.29. The minimum Gasteiger partial charge on any atom is -0.152 e. The molecule has 1 unspecified atom stereocenters. The van der Waals surface area contributed by atoms with E-state index in [1.807, 2.05) is 0 Å². The maximum absolute atomic E-state index is 2.45. The van der Waals surface area contributed by atoms with Crippen LogP contribution in [0.2, 0.25) is 0 Å². The van der Waals surface area contributed by atoms with E-state index in [1.165, 1.54) is 30.8 Å². The van der Waals surface area contributed by atoms with Gasteiger partial charge in [-0.25, -0.2) is 0 Å². The number of hydrogen-bond donors (Lipinski definition) is 0. The Bertz CT molecular complexity index is 151. The van der Waals surface area contributed by atoms with Gasteiger partial charge in [-0.3, -0.25) is 0 Å². The molecule has 1 atom stereocenters. The molecule has 0 bridgehead atoms. The van der Waals surface area contributed by atoms with Crippen LogP contribution < -0.4 is 0 Å². The lowest BCUT2D eigenvalue weighted by atomic mass is 10.1. The van der Waals surface area contributed by atoms with Crippen LogP contribution in [-0.4, -0.2) is 16.8 Å². The van der Waals surface area contributed by atoms with Gasteiger partial charge < -0.3 is 0 Å². The molecule has 2 heteroatoms. The molecular weight excluding hydrogens is 160 g/mol. The van der Waals surface area contributed by atoms with Crippen molar-refractivity contribution in [2.75, 3.05) is 11.5 Å². The van der Waals surface area contributed by atoms with E-state index in [0.29, 0.717) is 0 Å². The highest BCUT2D eigenvalue weighted by atomic mass is 32.2. The van der Waals surface area contributed by atoms with Gasteiger partial charge in [-0.1, -0.05) is 6.08 Å². The molecule has 2 aliphatic rings. The summed E-state index contributed by atoms with van der Waals surface area (Å²) >= 11 is 4.25. The Labute approximate surface area is 70.8 Å². The van der Waals surface area contributed by atoms with Gasteiger partial charge in [-0.05, 0) is 24.2 Å². The van der Waals surface area contributed by atoms with Crippen molar-refractivity contribution in [3.63, 3.8) is 0 Å². The highest BCUT2D eigenvalue weighted by Gasteiger charge is 2.21. The van der Waals surface area contributed by atoms with Crippen LogP contribution in [-0.2, 0) is 0 Å². The first-order valence-corrected chi connectivity index (χ1v) is 5.95. The lowest BCUT2D eigenvalue weighted by Gasteiger charge is -2.27. The normalized spacial score (nSPS) is 32.8. The van der Waals surface area contributed by atoms with Crippen molar-refractivity contribution in [1.29, 1.82) is 0 Å². The Morgan fingerprint density at radius 1 is 1.40 bits per heavy atom. The topological polar surface area (TPSA) is 0 Å². The van der Waals surface area contributed by atoms with Gasteiger partial charge in [0.1, 0.15) is 0 Å². The van der Waals surface area contributed by atoms with E-state index in [2.05, 4.69) is 29.6 Å². The maximum Gasteiger partial charge on any atom is 0.0354 e. The predicted molar refractivity (Wildman–Crippen MR) is 50.6 cm³/mol. The zero-order valence-electron chi connectivity index (χ0n) is 6.01. The first-order valence-electron chi connectivity index (χ1n) is 3.91. The van der Waals surface area contributed by atoms with Gasteiger partial charge in [0, 0.05) is 16.8 Å². The molecule has 10 heavy (non-hydrogen) atoms. The molecule has 56 valence electrons. The third kappa shape index (κ3) is 1.37. The third-order valence-corrected chi connectivity index (χ3v) is 4.94. The summed E-state index contributed by atoms with van der Waals surface area (Å²) in [5, 5.41) is 0.896. The molecule has 0 N–H and O–H groups in total. The van der Waals surface area contributed by atoms with E-state index in [9.17, 15) is 0 Å². The van der Waals surface area contributed by atoms with Crippen LogP contribution in [0.15, 0.2) is 11.0 Å².